The highest BCUT2D eigenvalue weighted by Crippen LogP contribution is 2.04. The van der Waals surface area contributed by atoms with E-state index in [2.05, 4.69) is 10.3 Å². The summed E-state index contributed by atoms with van der Waals surface area (Å²) in [6.07, 6.45) is 3.55. The normalized spacial score (nSPS) is 11.9. The van der Waals surface area contributed by atoms with Gasteiger partial charge in [0.05, 0.1) is 5.56 Å². The summed E-state index contributed by atoms with van der Waals surface area (Å²) in [5, 5.41) is 11.5. The Kier molecular flexibility index (Phi) is 5.30. The fraction of sp³-hybridized carbons (Fsp3) is 0.462. The molecule has 1 aromatic heterocycles. The number of amides is 1. The Labute approximate surface area is 106 Å². The summed E-state index contributed by atoms with van der Waals surface area (Å²) in [6, 6.07) is 2.52. The number of hydrogen-bond acceptors (Lipinski definition) is 3. The largest absolute Gasteiger partial charge is 0.480 e. The second kappa shape index (κ2) is 6.74. The Hall–Kier alpha value is -1.91. The van der Waals surface area contributed by atoms with Crippen LogP contribution in [0.2, 0.25) is 0 Å². The van der Waals surface area contributed by atoms with Crippen molar-refractivity contribution >= 4 is 11.9 Å². The molecule has 5 heteroatoms. The molecule has 0 saturated heterocycles. The smallest absolute Gasteiger partial charge is 0.326 e. The minimum atomic E-state index is -1.00. The zero-order valence-electron chi connectivity index (χ0n) is 10.6. The van der Waals surface area contributed by atoms with Gasteiger partial charge in [-0.2, -0.15) is 0 Å². The lowest BCUT2D eigenvalue weighted by Crippen LogP contribution is -2.40. The topological polar surface area (TPSA) is 79.3 Å². The summed E-state index contributed by atoms with van der Waals surface area (Å²) >= 11 is 0. The van der Waals surface area contributed by atoms with Gasteiger partial charge in [-0.3, -0.25) is 9.78 Å². The Bertz CT molecular complexity index is 415. The SMILES string of the molecule is CCCCC(NC(=O)c1ccc(C)nc1)C(=O)O. The van der Waals surface area contributed by atoms with Crippen LogP contribution in [0.25, 0.3) is 0 Å². The summed E-state index contributed by atoms with van der Waals surface area (Å²) < 4.78 is 0. The summed E-state index contributed by atoms with van der Waals surface area (Å²) in [5.74, 6) is -1.40. The molecule has 0 aliphatic heterocycles. The van der Waals surface area contributed by atoms with Gasteiger partial charge in [-0.15, -0.1) is 0 Å². The van der Waals surface area contributed by atoms with E-state index in [1.165, 1.54) is 6.20 Å². The van der Waals surface area contributed by atoms with Crippen LogP contribution in [-0.2, 0) is 4.79 Å². The number of unbranched alkanes of at least 4 members (excludes halogenated alkanes) is 1. The number of nitrogens with one attached hydrogen (secondary N) is 1. The Morgan fingerprint density at radius 3 is 2.67 bits per heavy atom. The van der Waals surface area contributed by atoms with E-state index in [1.54, 1.807) is 12.1 Å². The van der Waals surface area contributed by atoms with Crippen molar-refractivity contribution in [1.29, 1.82) is 0 Å². The van der Waals surface area contributed by atoms with Crippen LogP contribution in [0.1, 0.15) is 42.2 Å². The van der Waals surface area contributed by atoms with Gasteiger partial charge in [0.15, 0.2) is 0 Å². The van der Waals surface area contributed by atoms with Crippen molar-refractivity contribution in [2.45, 2.75) is 39.2 Å². The molecule has 0 spiro atoms. The van der Waals surface area contributed by atoms with Crippen LogP contribution in [0.15, 0.2) is 18.3 Å². The van der Waals surface area contributed by atoms with Gasteiger partial charge in [-0.1, -0.05) is 19.8 Å². The Morgan fingerprint density at radius 2 is 2.17 bits per heavy atom. The Balaban J connectivity index is 2.66. The molecule has 0 radical (unpaired) electrons. The molecule has 1 heterocycles. The first-order valence-corrected chi connectivity index (χ1v) is 6.01. The second-order valence-corrected chi connectivity index (χ2v) is 4.19. The lowest BCUT2D eigenvalue weighted by Gasteiger charge is -2.13. The molecule has 0 aliphatic rings. The van der Waals surface area contributed by atoms with Crippen molar-refractivity contribution in [2.24, 2.45) is 0 Å². The van der Waals surface area contributed by atoms with Crippen LogP contribution in [-0.4, -0.2) is 28.0 Å². The van der Waals surface area contributed by atoms with E-state index < -0.39 is 17.9 Å². The van der Waals surface area contributed by atoms with Gasteiger partial charge in [0, 0.05) is 11.9 Å². The van der Waals surface area contributed by atoms with Crippen molar-refractivity contribution in [3.8, 4) is 0 Å². The standard InChI is InChI=1S/C13H18N2O3/c1-3-4-5-11(13(17)18)15-12(16)10-7-6-9(2)14-8-10/h6-8,11H,3-5H2,1-2H3,(H,15,16)(H,17,18). The third-order valence-electron chi connectivity index (χ3n) is 2.62. The molecular formula is C13H18N2O3. The number of carboxylic acid groups (broad SMARTS) is 1. The maximum Gasteiger partial charge on any atom is 0.326 e. The highest BCUT2D eigenvalue weighted by molar-refractivity contribution is 5.96. The van der Waals surface area contributed by atoms with Crippen molar-refractivity contribution in [2.75, 3.05) is 0 Å². The maximum absolute atomic E-state index is 11.8. The lowest BCUT2D eigenvalue weighted by atomic mass is 10.1. The molecule has 0 aliphatic carbocycles. The van der Waals surface area contributed by atoms with Gasteiger partial charge in [0.1, 0.15) is 6.04 Å². The first-order chi connectivity index (χ1) is 8.54. The predicted molar refractivity (Wildman–Crippen MR) is 67.4 cm³/mol. The van der Waals surface area contributed by atoms with E-state index in [0.29, 0.717) is 12.0 Å². The van der Waals surface area contributed by atoms with Crippen LogP contribution in [0.5, 0.6) is 0 Å². The van der Waals surface area contributed by atoms with E-state index in [-0.39, 0.29) is 0 Å². The molecule has 0 fully saturated rings. The van der Waals surface area contributed by atoms with E-state index >= 15 is 0 Å². The van der Waals surface area contributed by atoms with Crippen LogP contribution < -0.4 is 5.32 Å². The van der Waals surface area contributed by atoms with E-state index in [4.69, 9.17) is 5.11 Å². The monoisotopic (exact) mass is 250 g/mol. The van der Waals surface area contributed by atoms with Crippen LogP contribution in [0.4, 0.5) is 0 Å². The molecule has 98 valence electrons. The number of carbonyl (C=O) groups excluding carboxylic acids is 1. The summed E-state index contributed by atoms with van der Waals surface area (Å²) in [4.78, 5) is 26.8. The second-order valence-electron chi connectivity index (χ2n) is 4.19. The van der Waals surface area contributed by atoms with Crippen molar-refractivity contribution in [3.05, 3.63) is 29.6 Å². The number of aryl methyl sites for hydroxylation is 1. The minimum Gasteiger partial charge on any atom is -0.480 e. The molecule has 1 amide bonds. The average molecular weight is 250 g/mol. The zero-order chi connectivity index (χ0) is 13.5. The number of nitrogens with zero attached hydrogens (tertiary/aromatic N) is 1. The molecule has 1 atom stereocenters. The molecule has 1 rings (SSSR count). The first kappa shape index (κ1) is 14.2. The molecule has 2 N–H and O–H groups in total. The summed E-state index contributed by atoms with van der Waals surface area (Å²) in [5.41, 5.74) is 1.19. The van der Waals surface area contributed by atoms with Gasteiger partial charge in [-0.25, -0.2) is 4.79 Å². The average Bonchev–Trinajstić information content (AvgIpc) is 2.34. The van der Waals surface area contributed by atoms with Gasteiger partial charge in [-0.05, 0) is 25.5 Å². The predicted octanol–water partition coefficient (Wildman–Crippen LogP) is 1.76. The molecule has 5 nitrogen and oxygen atoms in total. The van der Waals surface area contributed by atoms with Crippen molar-refractivity contribution in [3.63, 3.8) is 0 Å². The minimum absolute atomic E-state index is 0.378. The fourth-order valence-corrected chi connectivity index (χ4v) is 1.51. The Morgan fingerprint density at radius 1 is 1.44 bits per heavy atom. The highest BCUT2D eigenvalue weighted by atomic mass is 16.4. The van der Waals surface area contributed by atoms with Crippen molar-refractivity contribution < 1.29 is 14.7 Å². The molecule has 1 aromatic rings. The quantitative estimate of drug-likeness (QED) is 0.806. The fourth-order valence-electron chi connectivity index (χ4n) is 1.51. The third kappa shape index (κ3) is 4.16. The van der Waals surface area contributed by atoms with Crippen LogP contribution in [0.3, 0.4) is 0 Å². The van der Waals surface area contributed by atoms with Crippen LogP contribution in [0, 0.1) is 6.92 Å². The molecule has 0 bridgehead atoms. The lowest BCUT2D eigenvalue weighted by molar-refractivity contribution is -0.139. The van der Waals surface area contributed by atoms with E-state index in [9.17, 15) is 9.59 Å². The molecule has 1 unspecified atom stereocenters. The number of pyridine rings is 1. The zero-order valence-corrected chi connectivity index (χ0v) is 10.6. The summed E-state index contributed by atoms with van der Waals surface area (Å²) in [7, 11) is 0. The number of rotatable bonds is 6. The number of aromatic nitrogens is 1. The molecule has 0 aromatic carbocycles. The maximum atomic E-state index is 11.8. The number of carbonyl (C=O) groups is 2. The van der Waals surface area contributed by atoms with E-state index in [0.717, 1.165) is 18.5 Å². The van der Waals surface area contributed by atoms with Crippen molar-refractivity contribution in [1.82, 2.24) is 10.3 Å². The first-order valence-electron chi connectivity index (χ1n) is 6.01. The molecular weight excluding hydrogens is 232 g/mol. The highest BCUT2D eigenvalue weighted by Gasteiger charge is 2.19. The van der Waals surface area contributed by atoms with Gasteiger partial charge >= 0.3 is 5.97 Å². The van der Waals surface area contributed by atoms with Crippen LogP contribution >= 0.6 is 0 Å². The third-order valence-corrected chi connectivity index (χ3v) is 2.62. The molecule has 18 heavy (non-hydrogen) atoms. The van der Waals surface area contributed by atoms with Gasteiger partial charge < -0.3 is 10.4 Å². The number of carboxylic acids is 1. The van der Waals surface area contributed by atoms with E-state index in [1.807, 2.05) is 13.8 Å². The van der Waals surface area contributed by atoms with Gasteiger partial charge in [0.2, 0.25) is 0 Å². The summed E-state index contributed by atoms with van der Waals surface area (Å²) in [6.45, 7) is 3.80. The number of hydrogen-bond donors (Lipinski definition) is 2. The van der Waals surface area contributed by atoms with Gasteiger partial charge in [0.25, 0.3) is 5.91 Å². The molecule has 0 saturated carbocycles. The number of aliphatic carboxylic acids is 1.